The average Bonchev–Trinajstić information content (AvgIpc) is 3.17. The van der Waals surface area contributed by atoms with Crippen LogP contribution >= 0.6 is 11.3 Å². The highest BCUT2D eigenvalue weighted by Gasteiger charge is 2.50. The van der Waals surface area contributed by atoms with Crippen LogP contribution in [-0.2, 0) is 10.3 Å². The van der Waals surface area contributed by atoms with E-state index in [-0.39, 0.29) is 11.0 Å². The number of hydrogen-bond donors (Lipinski definition) is 0. The van der Waals surface area contributed by atoms with Crippen LogP contribution in [0.3, 0.4) is 0 Å². The van der Waals surface area contributed by atoms with Crippen molar-refractivity contribution in [2.24, 2.45) is 11.3 Å². The second-order valence-corrected chi connectivity index (χ2v) is 9.89. The van der Waals surface area contributed by atoms with Crippen LogP contribution in [-0.4, -0.2) is 67.9 Å². The van der Waals surface area contributed by atoms with Crippen molar-refractivity contribution in [2.75, 3.05) is 47.3 Å². The molecule has 1 aliphatic carbocycles. The van der Waals surface area contributed by atoms with E-state index in [0.29, 0.717) is 11.8 Å². The lowest BCUT2D eigenvalue weighted by molar-refractivity contribution is -0.129. The van der Waals surface area contributed by atoms with Gasteiger partial charge in [-0.3, -0.25) is 9.69 Å². The summed E-state index contributed by atoms with van der Waals surface area (Å²) in [5, 5.41) is 2.20. The van der Waals surface area contributed by atoms with E-state index in [1.165, 1.54) is 30.6 Å². The Hall–Kier alpha value is -0.910. The third-order valence-corrected chi connectivity index (χ3v) is 8.06. The SMILES string of the molecule is CN1CC(CN2CC3(CCC(c4cccs4)(N(C)C)CC3)CC2=O)C1. The lowest BCUT2D eigenvalue weighted by atomic mass is 9.66. The number of amides is 1. The van der Waals surface area contributed by atoms with Gasteiger partial charge in [0.2, 0.25) is 5.91 Å². The Morgan fingerprint density at radius 1 is 1.24 bits per heavy atom. The molecule has 0 aromatic carbocycles. The molecule has 3 fully saturated rings. The topological polar surface area (TPSA) is 26.8 Å². The first-order valence-electron chi connectivity index (χ1n) is 9.60. The molecule has 138 valence electrons. The molecule has 4 rings (SSSR count). The Balaban J connectivity index is 1.43. The largest absolute Gasteiger partial charge is 0.342 e. The second kappa shape index (κ2) is 6.36. The number of hydrogen-bond acceptors (Lipinski definition) is 4. The zero-order valence-electron chi connectivity index (χ0n) is 15.8. The van der Waals surface area contributed by atoms with Gasteiger partial charge in [0.1, 0.15) is 0 Å². The number of rotatable bonds is 4. The van der Waals surface area contributed by atoms with E-state index in [1.807, 2.05) is 11.3 Å². The van der Waals surface area contributed by atoms with Crippen molar-refractivity contribution >= 4 is 17.2 Å². The van der Waals surface area contributed by atoms with E-state index >= 15 is 0 Å². The zero-order chi connectivity index (χ0) is 17.7. The number of likely N-dealkylation sites (tertiary alicyclic amines) is 2. The molecule has 1 amide bonds. The van der Waals surface area contributed by atoms with Gasteiger partial charge in [0, 0.05) is 43.4 Å². The van der Waals surface area contributed by atoms with Gasteiger partial charge in [-0.1, -0.05) is 6.07 Å². The Kier molecular flexibility index (Phi) is 4.45. The molecule has 2 aliphatic heterocycles. The van der Waals surface area contributed by atoms with Crippen LogP contribution in [0, 0.1) is 11.3 Å². The summed E-state index contributed by atoms with van der Waals surface area (Å²) < 4.78 is 0. The number of carbonyl (C=O) groups excluding carboxylic acids is 1. The van der Waals surface area contributed by atoms with Crippen molar-refractivity contribution < 1.29 is 4.79 Å². The molecular formula is C20H31N3OS. The average molecular weight is 362 g/mol. The number of carbonyl (C=O) groups is 1. The molecule has 5 heteroatoms. The van der Waals surface area contributed by atoms with Crippen molar-refractivity contribution in [3.05, 3.63) is 22.4 Å². The molecular weight excluding hydrogens is 330 g/mol. The molecule has 1 aromatic rings. The minimum Gasteiger partial charge on any atom is -0.342 e. The monoisotopic (exact) mass is 361 g/mol. The highest BCUT2D eigenvalue weighted by Crippen LogP contribution is 2.52. The molecule has 0 bridgehead atoms. The fraction of sp³-hybridized carbons (Fsp3) is 0.750. The summed E-state index contributed by atoms with van der Waals surface area (Å²) in [6.45, 7) is 4.28. The zero-order valence-corrected chi connectivity index (χ0v) is 16.6. The highest BCUT2D eigenvalue weighted by atomic mass is 32.1. The Labute approximate surface area is 155 Å². The molecule has 3 heterocycles. The molecule has 1 spiro atoms. The fourth-order valence-corrected chi connectivity index (χ4v) is 6.46. The van der Waals surface area contributed by atoms with Gasteiger partial charge >= 0.3 is 0 Å². The first-order valence-corrected chi connectivity index (χ1v) is 10.5. The van der Waals surface area contributed by atoms with Crippen LogP contribution in [0.25, 0.3) is 0 Å². The summed E-state index contributed by atoms with van der Waals surface area (Å²) >= 11 is 1.88. The second-order valence-electron chi connectivity index (χ2n) is 8.94. The third-order valence-electron chi connectivity index (χ3n) is 7.00. The van der Waals surface area contributed by atoms with Gasteiger partial charge in [0.05, 0.1) is 5.54 Å². The van der Waals surface area contributed by atoms with Crippen molar-refractivity contribution in [3.63, 3.8) is 0 Å². The lowest BCUT2D eigenvalue weighted by Gasteiger charge is -2.48. The van der Waals surface area contributed by atoms with Gasteiger partial charge in [-0.2, -0.15) is 0 Å². The van der Waals surface area contributed by atoms with Crippen molar-refractivity contribution in [1.82, 2.24) is 14.7 Å². The molecule has 0 unspecified atom stereocenters. The normalized spacial score (nSPS) is 34.2. The predicted molar refractivity (Wildman–Crippen MR) is 103 cm³/mol. The van der Waals surface area contributed by atoms with Gasteiger partial charge in [-0.15, -0.1) is 11.3 Å². The van der Waals surface area contributed by atoms with Gasteiger partial charge in [0.15, 0.2) is 0 Å². The van der Waals surface area contributed by atoms with Crippen LogP contribution in [0.15, 0.2) is 17.5 Å². The maximum atomic E-state index is 12.6. The van der Waals surface area contributed by atoms with Gasteiger partial charge in [-0.25, -0.2) is 0 Å². The van der Waals surface area contributed by atoms with E-state index in [0.717, 1.165) is 32.6 Å². The van der Waals surface area contributed by atoms with Crippen LogP contribution in [0.2, 0.25) is 0 Å². The molecule has 25 heavy (non-hydrogen) atoms. The minimum absolute atomic E-state index is 0.173. The summed E-state index contributed by atoms with van der Waals surface area (Å²) in [4.78, 5) is 21.1. The van der Waals surface area contributed by atoms with E-state index in [1.54, 1.807) is 0 Å². The maximum Gasteiger partial charge on any atom is 0.223 e. The van der Waals surface area contributed by atoms with Crippen LogP contribution in [0.4, 0.5) is 0 Å². The minimum atomic E-state index is 0.173. The lowest BCUT2D eigenvalue weighted by Crippen LogP contribution is -2.50. The maximum absolute atomic E-state index is 12.6. The van der Waals surface area contributed by atoms with Crippen molar-refractivity contribution in [3.8, 4) is 0 Å². The van der Waals surface area contributed by atoms with Gasteiger partial charge < -0.3 is 9.80 Å². The molecule has 0 N–H and O–H groups in total. The number of nitrogens with zero attached hydrogens (tertiary/aromatic N) is 3. The molecule has 3 aliphatic rings. The standard InChI is InChI=1S/C20H31N3OS/c1-21(2)20(17-5-4-10-25-17)8-6-19(7-9-20)11-18(24)23(15-19)14-16-12-22(3)13-16/h4-5,10,16H,6-9,11-15H2,1-3H3. The van der Waals surface area contributed by atoms with Crippen LogP contribution < -0.4 is 0 Å². The third kappa shape index (κ3) is 3.04. The van der Waals surface area contributed by atoms with Crippen LogP contribution in [0.1, 0.15) is 37.0 Å². The Morgan fingerprint density at radius 3 is 2.52 bits per heavy atom. The van der Waals surface area contributed by atoms with E-state index < -0.39 is 0 Å². The van der Waals surface area contributed by atoms with Crippen molar-refractivity contribution in [2.45, 2.75) is 37.6 Å². The molecule has 1 saturated carbocycles. The summed E-state index contributed by atoms with van der Waals surface area (Å²) in [6, 6.07) is 4.47. The number of thiophene rings is 1. The molecule has 2 saturated heterocycles. The summed E-state index contributed by atoms with van der Waals surface area (Å²) in [7, 11) is 6.60. The fourth-order valence-electron chi connectivity index (χ4n) is 5.39. The highest BCUT2D eigenvalue weighted by molar-refractivity contribution is 7.10. The van der Waals surface area contributed by atoms with Gasteiger partial charge in [-0.05, 0) is 63.7 Å². The predicted octanol–water partition coefficient (Wildman–Crippen LogP) is 2.86. The van der Waals surface area contributed by atoms with Gasteiger partial charge in [0.25, 0.3) is 0 Å². The Bertz CT molecular complexity index is 613. The van der Waals surface area contributed by atoms with E-state index in [9.17, 15) is 4.79 Å². The van der Waals surface area contributed by atoms with E-state index in [4.69, 9.17) is 0 Å². The molecule has 0 radical (unpaired) electrons. The molecule has 4 nitrogen and oxygen atoms in total. The summed E-state index contributed by atoms with van der Waals surface area (Å²) in [5.41, 5.74) is 0.413. The van der Waals surface area contributed by atoms with Crippen LogP contribution in [0.5, 0.6) is 0 Å². The quantitative estimate of drug-likeness (QED) is 0.825. The first-order chi connectivity index (χ1) is 11.9. The summed E-state index contributed by atoms with van der Waals surface area (Å²) in [6.07, 6.45) is 5.48. The Morgan fingerprint density at radius 2 is 1.96 bits per heavy atom. The molecule has 0 atom stereocenters. The first kappa shape index (κ1) is 17.5. The van der Waals surface area contributed by atoms with Crippen molar-refractivity contribution in [1.29, 1.82) is 0 Å². The van der Waals surface area contributed by atoms with E-state index in [2.05, 4.69) is 53.4 Å². The summed E-state index contributed by atoms with van der Waals surface area (Å²) in [5.74, 6) is 1.10. The smallest absolute Gasteiger partial charge is 0.223 e. The molecule has 1 aromatic heterocycles.